The predicted octanol–water partition coefficient (Wildman–Crippen LogP) is 3.77. The van der Waals surface area contributed by atoms with Crippen molar-refractivity contribution in [1.29, 1.82) is 5.26 Å². The van der Waals surface area contributed by atoms with Crippen molar-refractivity contribution in [3.8, 4) is 6.07 Å². The normalized spacial score (nSPS) is 14.0. The van der Waals surface area contributed by atoms with Crippen LogP contribution in [0.4, 0.5) is 11.4 Å². The van der Waals surface area contributed by atoms with Gasteiger partial charge in [-0.3, -0.25) is 0 Å². The fraction of sp³-hybridized carbons (Fsp3) is 0.235. The summed E-state index contributed by atoms with van der Waals surface area (Å²) in [5.41, 5.74) is 3.05. The molecule has 1 aliphatic heterocycles. The van der Waals surface area contributed by atoms with Gasteiger partial charge in [-0.2, -0.15) is 5.26 Å². The highest BCUT2D eigenvalue weighted by Crippen LogP contribution is 2.49. The van der Waals surface area contributed by atoms with Crippen LogP contribution in [0, 0.1) is 11.3 Å². The Hall–Kier alpha value is -1.96. The number of rotatable bonds is 3. The number of nitrogens with zero attached hydrogens (tertiary/aromatic N) is 2. The zero-order chi connectivity index (χ0) is 14.8. The molecule has 0 saturated carbocycles. The number of nitrogens with one attached hydrogen (secondary N) is 1. The van der Waals surface area contributed by atoms with Crippen molar-refractivity contribution < 1.29 is 0 Å². The fourth-order valence-corrected chi connectivity index (χ4v) is 3.77. The molecule has 0 bridgehead atoms. The molecule has 1 atom stereocenters. The van der Waals surface area contributed by atoms with Gasteiger partial charge in [0.2, 0.25) is 0 Å². The Balaban J connectivity index is 2.15. The lowest BCUT2D eigenvalue weighted by Crippen LogP contribution is -2.37. The van der Waals surface area contributed by atoms with Crippen molar-refractivity contribution in [3.05, 3.63) is 48.0 Å². The van der Waals surface area contributed by atoms with Crippen molar-refractivity contribution in [1.82, 2.24) is 5.32 Å². The van der Waals surface area contributed by atoms with Gasteiger partial charge in [0.05, 0.1) is 23.0 Å². The Bertz CT molecular complexity index is 705. The smallest absolute Gasteiger partial charge is 0.0992 e. The largest absolute Gasteiger partial charge is 0.335 e. The lowest BCUT2D eigenvalue weighted by Gasteiger charge is -2.37. The molecule has 4 heteroatoms. The van der Waals surface area contributed by atoms with E-state index in [-0.39, 0.29) is 0 Å². The highest BCUT2D eigenvalue weighted by molar-refractivity contribution is 7.99. The summed E-state index contributed by atoms with van der Waals surface area (Å²) >= 11 is 1.77. The summed E-state index contributed by atoms with van der Waals surface area (Å²) in [6.07, 6.45) is 0. The van der Waals surface area contributed by atoms with E-state index < -0.39 is 0 Å². The monoisotopic (exact) mass is 295 g/mol. The number of hydrogen-bond donors (Lipinski definition) is 1. The molecule has 0 spiro atoms. The summed E-state index contributed by atoms with van der Waals surface area (Å²) in [6.45, 7) is 3.08. The van der Waals surface area contributed by atoms with Crippen LogP contribution in [-0.4, -0.2) is 19.6 Å². The van der Waals surface area contributed by atoms with Crippen molar-refractivity contribution in [2.24, 2.45) is 0 Å². The first kappa shape index (κ1) is 14.0. The molecule has 3 nitrogen and oxygen atoms in total. The molecule has 0 aromatic heterocycles. The Morgan fingerprint density at radius 3 is 2.71 bits per heavy atom. The fourth-order valence-electron chi connectivity index (χ4n) is 2.71. The number of fused-ring (bicyclic) bond motifs is 2. The van der Waals surface area contributed by atoms with Gasteiger partial charge in [-0.15, -0.1) is 0 Å². The van der Waals surface area contributed by atoms with E-state index in [0.717, 1.165) is 12.2 Å². The lowest BCUT2D eigenvalue weighted by molar-refractivity contribution is 0.642. The van der Waals surface area contributed by atoms with E-state index in [9.17, 15) is 5.26 Å². The quantitative estimate of drug-likeness (QED) is 0.935. The van der Waals surface area contributed by atoms with Crippen LogP contribution < -0.4 is 10.2 Å². The number of benzene rings is 2. The van der Waals surface area contributed by atoms with Crippen LogP contribution in [0.15, 0.2) is 52.3 Å². The second-order valence-corrected chi connectivity index (χ2v) is 6.22. The predicted molar refractivity (Wildman–Crippen MR) is 87.2 cm³/mol. The van der Waals surface area contributed by atoms with Crippen molar-refractivity contribution in [3.63, 3.8) is 0 Å². The SMILES string of the molecule is CNCC(C)N1c2ccccc2Sc2ccc(C#N)cc21. The van der Waals surface area contributed by atoms with E-state index in [2.05, 4.69) is 47.5 Å². The van der Waals surface area contributed by atoms with Gasteiger partial charge in [-0.25, -0.2) is 0 Å². The Morgan fingerprint density at radius 1 is 1.19 bits per heavy atom. The van der Waals surface area contributed by atoms with Crippen LogP contribution in [0.25, 0.3) is 0 Å². The van der Waals surface area contributed by atoms with E-state index in [4.69, 9.17) is 0 Å². The zero-order valence-corrected chi connectivity index (χ0v) is 12.9. The second-order valence-electron chi connectivity index (χ2n) is 5.14. The first-order valence-electron chi connectivity index (χ1n) is 6.99. The van der Waals surface area contributed by atoms with E-state index in [1.165, 1.54) is 15.5 Å². The molecular formula is C17H17N3S. The van der Waals surface area contributed by atoms with Crippen LogP contribution in [-0.2, 0) is 0 Å². The van der Waals surface area contributed by atoms with Crippen LogP contribution in [0.5, 0.6) is 0 Å². The van der Waals surface area contributed by atoms with Gasteiger partial charge in [-0.05, 0) is 44.3 Å². The van der Waals surface area contributed by atoms with Crippen molar-refractivity contribution in [2.45, 2.75) is 22.8 Å². The molecule has 2 aromatic rings. The lowest BCUT2D eigenvalue weighted by atomic mass is 10.1. The molecule has 1 unspecified atom stereocenters. The minimum absolute atomic E-state index is 0.310. The maximum atomic E-state index is 9.17. The molecule has 1 N–H and O–H groups in total. The van der Waals surface area contributed by atoms with Crippen LogP contribution >= 0.6 is 11.8 Å². The third-order valence-corrected chi connectivity index (χ3v) is 4.76. The topological polar surface area (TPSA) is 39.1 Å². The minimum atomic E-state index is 0.310. The number of anilines is 2. The molecule has 0 saturated heterocycles. The molecule has 21 heavy (non-hydrogen) atoms. The van der Waals surface area contributed by atoms with Gasteiger partial charge >= 0.3 is 0 Å². The highest BCUT2D eigenvalue weighted by Gasteiger charge is 2.26. The molecule has 1 heterocycles. The minimum Gasteiger partial charge on any atom is -0.335 e. The highest BCUT2D eigenvalue weighted by atomic mass is 32.2. The average Bonchev–Trinajstić information content (AvgIpc) is 2.52. The third-order valence-electron chi connectivity index (χ3n) is 3.63. The summed E-state index contributed by atoms with van der Waals surface area (Å²) < 4.78 is 0. The Labute approximate surface area is 129 Å². The molecular weight excluding hydrogens is 278 g/mol. The van der Waals surface area contributed by atoms with Crippen LogP contribution in [0.3, 0.4) is 0 Å². The summed E-state index contributed by atoms with van der Waals surface area (Å²) in [4.78, 5) is 4.80. The van der Waals surface area contributed by atoms with Crippen molar-refractivity contribution >= 4 is 23.1 Å². The second kappa shape index (κ2) is 5.80. The van der Waals surface area contributed by atoms with Crippen molar-refractivity contribution in [2.75, 3.05) is 18.5 Å². The summed E-state index contributed by atoms with van der Waals surface area (Å²) in [5.74, 6) is 0. The molecule has 0 radical (unpaired) electrons. The zero-order valence-electron chi connectivity index (χ0n) is 12.1. The number of likely N-dealkylation sites (N-methyl/N-ethyl adjacent to an activating group) is 1. The number of hydrogen-bond acceptors (Lipinski definition) is 4. The first-order valence-corrected chi connectivity index (χ1v) is 7.81. The summed E-state index contributed by atoms with van der Waals surface area (Å²) in [6, 6.07) is 16.9. The molecule has 1 aliphatic rings. The Kier molecular flexibility index (Phi) is 3.87. The van der Waals surface area contributed by atoms with E-state index in [0.29, 0.717) is 11.6 Å². The molecule has 0 aliphatic carbocycles. The summed E-state index contributed by atoms with van der Waals surface area (Å²) in [7, 11) is 1.97. The number of para-hydroxylation sites is 1. The van der Waals surface area contributed by atoms with Gasteiger partial charge in [0, 0.05) is 22.4 Å². The molecule has 0 amide bonds. The standard InChI is InChI=1S/C17H17N3S/c1-12(11-19-2)20-14-5-3-4-6-16(14)21-17-8-7-13(10-18)9-15(17)20/h3-9,12,19H,11H2,1-2H3. The summed E-state index contributed by atoms with van der Waals surface area (Å²) in [5, 5.41) is 12.4. The van der Waals surface area contributed by atoms with Gasteiger partial charge in [-0.1, -0.05) is 23.9 Å². The average molecular weight is 295 g/mol. The van der Waals surface area contributed by atoms with Gasteiger partial charge in [0.15, 0.2) is 0 Å². The third kappa shape index (κ3) is 2.51. The molecule has 0 fully saturated rings. The number of nitriles is 1. The molecule has 106 valence electrons. The first-order chi connectivity index (χ1) is 10.2. The molecule has 2 aromatic carbocycles. The van der Waals surface area contributed by atoms with Crippen LogP contribution in [0.2, 0.25) is 0 Å². The maximum absolute atomic E-state index is 9.17. The van der Waals surface area contributed by atoms with Gasteiger partial charge in [0.1, 0.15) is 0 Å². The Morgan fingerprint density at radius 2 is 1.95 bits per heavy atom. The van der Waals surface area contributed by atoms with Crippen LogP contribution in [0.1, 0.15) is 12.5 Å². The maximum Gasteiger partial charge on any atom is 0.0992 e. The van der Waals surface area contributed by atoms with Gasteiger partial charge < -0.3 is 10.2 Å². The molecule has 3 rings (SSSR count). The van der Waals surface area contributed by atoms with E-state index in [1.54, 1.807) is 11.8 Å². The van der Waals surface area contributed by atoms with E-state index >= 15 is 0 Å². The van der Waals surface area contributed by atoms with E-state index in [1.807, 2.05) is 25.2 Å². The van der Waals surface area contributed by atoms with Gasteiger partial charge in [0.25, 0.3) is 0 Å².